The molecule has 0 saturated heterocycles. The van der Waals surface area contributed by atoms with E-state index >= 15 is 0 Å². The zero-order valence-electron chi connectivity index (χ0n) is 14.4. The predicted octanol–water partition coefficient (Wildman–Crippen LogP) is 3.17. The number of nitrogens with zero attached hydrogens (tertiary/aromatic N) is 1. The van der Waals surface area contributed by atoms with Crippen molar-refractivity contribution in [3.63, 3.8) is 0 Å². The van der Waals surface area contributed by atoms with Crippen LogP contribution in [0.4, 0.5) is 4.39 Å². The summed E-state index contributed by atoms with van der Waals surface area (Å²) >= 11 is 0. The monoisotopic (exact) mass is 369 g/mol. The fraction of sp³-hybridized carbons (Fsp3) is 0.250. The van der Waals surface area contributed by atoms with E-state index in [4.69, 9.17) is 19.5 Å². The number of rotatable bonds is 6. The highest BCUT2D eigenvalue weighted by Gasteiger charge is 2.16. The van der Waals surface area contributed by atoms with E-state index in [0.29, 0.717) is 30.3 Å². The molecule has 0 N–H and O–H groups in total. The molecule has 138 valence electrons. The van der Waals surface area contributed by atoms with E-state index in [2.05, 4.69) is 0 Å². The first-order valence-corrected chi connectivity index (χ1v) is 8.34. The summed E-state index contributed by atoms with van der Waals surface area (Å²) in [7, 11) is 0. The first-order chi connectivity index (χ1) is 13.1. The molecule has 2 aromatic rings. The minimum atomic E-state index is -0.623. The van der Waals surface area contributed by atoms with Gasteiger partial charge in [0.15, 0.2) is 17.3 Å². The molecule has 1 heterocycles. The smallest absolute Gasteiger partial charge is 0.306 e. The number of benzene rings is 2. The summed E-state index contributed by atoms with van der Waals surface area (Å²) in [5.74, 6) is -0.334. The fourth-order valence-electron chi connectivity index (χ4n) is 2.56. The number of esters is 1. The molecule has 2 aromatic carbocycles. The van der Waals surface area contributed by atoms with Crippen LogP contribution in [-0.2, 0) is 16.1 Å². The van der Waals surface area contributed by atoms with E-state index in [1.807, 2.05) is 6.07 Å². The van der Waals surface area contributed by atoms with Gasteiger partial charge < -0.3 is 14.2 Å². The third-order valence-corrected chi connectivity index (χ3v) is 3.98. The van der Waals surface area contributed by atoms with Crippen molar-refractivity contribution in [2.75, 3.05) is 13.2 Å². The summed E-state index contributed by atoms with van der Waals surface area (Å²) in [5.41, 5.74) is 0.802. The Morgan fingerprint density at radius 2 is 1.85 bits per heavy atom. The lowest BCUT2D eigenvalue weighted by Gasteiger charge is -2.18. The van der Waals surface area contributed by atoms with Gasteiger partial charge in [-0.05, 0) is 36.4 Å². The highest BCUT2D eigenvalue weighted by molar-refractivity contribution is 5.98. The summed E-state index contributed by atoms with van der Waals surface area (Å²) in [4.78, 5) is 24.1. The Hall–Kier alpha value is -3.40. The Morgan fingerprint density at radius 3 is 2.63 bits per heavy atom. The van der Waals surface area contributed by atoms with Gasteiger partial charge in [0.05, 0.1) is 18.1 Å². The van der Waals surface area contributed by atoms with Crippen LogP contribution in [0.5, 0.6) is 11.5 Å². The van der Waals surface area contributed by atoms with Gasteiger partial charge in [-0.3, -0.25) is 9.59 Å². The molecule has 0 amide bonds. The predicted molar refractivity (Wildman–Crippen MR) is 91.9 cm³/mol. The second-order valence-corrected chi connectivity index (χ2v) is 5.86. The summed E-state index contributed by atoms with van der Waals surface area (Å²) in [5, 5.41) is 8.82. The van der Waals surface area contributed by atoms with Crippen LogP contribution >= 0.6 is 0 Å². The number of ether oxygens (including phenoxy) is 3. The molecule has 3 rings (SSSR count). The minimum Gasteiger partial charge on any atom is -0.486 e. The van der Waals surface area contributed by atoms with Gasteiger partial charge in [-0.15, -0.1) is 0 Å². The molecule has 0 unspecified atom stereocenters. The van der Waals surface area contributed by atoms with E-state index < -0.39 is 11.8 Å². The highest BCUT2D eigenvalue weighted by atomic mass is 19.1. The zero-order chi connectivity index (χ0) is 19.2. The van der Waals surface area contributed by atoms with Crippen molar-refractivity contribution in [1.29, 1.82) is 5.26 Å². The van der Waals surface area contributed by atoms with Crippen LogP contribution in [0.25, 0.3) is 0 Å². The number of ketones is 1. The maximum absolute atomic E-state index is 13.7. The van der Waals surface area contributed by atoms with Crippen molar-refractivity contribution in [3.05, 3.63) is 58.9 Å². The molecule has 7 heteroatoms. The number of carbonyl (C=O) groups excluding carboxylic acids is 2. The average molecular weight is 369 g/mol. The number of hydrogen-bond acceptors (Lipinski definition) is 6. The standard InChI is InChI=1S/C20H16FNO5/c21-16-3-1-13(11-22)9-15(16)12-27-20(24)6-4-17(23)14-2-5-18-19(10-14)26-8-7-25-18/h1-3,5,9-10H,4,6-8,12H2. The maximum atomic E-state index is 13.7. The molecule has 0 radical (unpaired) electrons. The van der Waals surface area contributed by atoms with Crippen molar-refractivity contribution in [2.24, 2.45) is 0 Å². The molecular formula is C20H16FNO5. The van der Waals surface area contributed by atoms with Crippen LogP contribution in [0, 0.1) is 17.1 Å². The number of Topliss-reactive ketones (excluding diaryl/α,β-unsaturated/α-hetero) is 1. The molecule has 6 nitrogen and oxygen atoms in total. The van der Waals surface area contributed by atoms with Gasteiger partial charge in [0.2, 0.25) is 0 Å². The van der Waals surface area contributed by atoms with E-state index in [1.165, 1.54) is 12.1 Å². The lowest BCUT2D eigenvalue weighted by molar-refractivity contribution is -0.144. The molecule has 0 bridgehead atoms. The van der Waals surface area contributed by atoms with E-state index in [9.17, 15) is 14.0 Å². The molecule has 1 aliphatic heterocycles. The largest absolute Gasteiger partial charge is 0.486 e. The van der Waals surface area contributed by atoms with Crippen LogP contribution in [-0.4, -0.2) is 25.0 Å². The lowest BCUT2D eigenvalue weighted by Crippen LogP contribution is -2.16. The quantitative estimate of drug-likeness (QED) is 0.574. The van der Waals surface area contributed by atoms with E-state index in [1.54, 1.807) is 18.2 Å². The SMILES string of the molecule is N#Cc1ccc(F)c(COC(=O)CCC(=O)c2ccc3c(c2)OCCO3)c1. The Morgan fingerprint density at radius 1 is 1.07 bits per heavy atom. The molecule has 0 atom stereocenters. The second kappa shape index (κ2) is 8.32. The number of halogens is 1. The molecule has 27 heavy (non-hydrogen) atoms. The zero-order valence-corrected chi connectivity index (χ0v) is 14.4. The second-order valence-electron chi connectivity index (χ2n) is 5.86. The van der Waals surface area contributed by atoms with Crippen molar-refractivity contribution in [2.45, 2.75) is 19.4 Å². The van der Waals surface area contributed by atoms with Gasteiger partial charge in [0, 0.05) is 17.5 Å². The third kappa shape index (κ3) is 4.61. The summed E-state index contributed by atoms with van der Waals surface area (Å²) in [6, 6.07) is 10.6. The van der Waals surface area contributed by atoms with Crippen LogP contribution in [0.3, 0.4) is 0 Å². The number of hydrogen-bond donors (Lipinski definition) is 0. The van der Waals surface area contributed by atoms with Gasteiger partial charge in [-0.25, -0.2) is 4.39 Å². The summed E-state index contributed by atoms with van der Waals surface area (Å²) < 4.78 is 29.5. The van der Waals surface area contributed by atoms with E-state index in [0.717, 1.165) is 6.07 Å². The molecule has 0 fully saturated rings. The van der Waals surface area contributed by atoms with Crippen molar-refractivity contribution >= 4 is 11.8 Å². The van der Waals surface area contributed by atoms with Crippen LogP contribution in [0.1, 0.15) is 34.3 Å². The maximum Gasteiger partial charge on any atom is 0.306 e. The Kier molecular flexibility index (Phi) is 5.67. The molecule has 0 aromatic heterocycles. The first kappa shape index (κ1) is 18.4. The van der Waals surface area contributed by atoms with Crippen molar-refractivity contribution in [3.8, 4) is 17.6 Å². The van der Waals surface area contributed by atoms with Crippen molar-refractivity contribution < 1.29 is 28.2 Å². The van der Waals surface area contributed by atoms with Gasteiger partial charge >= 0.3 is 5.97 Å². The van der Waals surface area contributed by atoms with Gasteiger partial charge in [0.1, 0.15) is 25.6 Å². The van der Waals surface area contributed by atoms with Gasteiger partial charge in [-0.2, -0.15) is 5.26 Å². The van der Waals surface area contributed by atoms with Gasteiger partial charge in [-0.1, -0.05) is 0 Å². The summed E-state index contributed by atoms with van der Waals surface area (Å²) in [6.45, 7) is 0.586. The third-order valence-electron chi connectivity index (χ3n) is 3.98. The normalized spacial score (nSPS) is 12.1. The minimum absolute atomic E-state index is 0.0425. The van der Waals surface area contributed by atoms with Crippen LogP contribution < -0.4 is 9.47 Å². The summed E-state index contributed by atoms with van der Waals surface area (Å²) in [6.07, 6.45) is -0.175. The molecule has 0 aliphatic carbocycles. The molecular weight excluding hydrogens is 353 g/mol. The van der Waals surface area contributed by atoms with Crippen molar-refractivity contribution in [1.82, 2.24) is 0 Å². The Balaban J connectivity index is 1.52. The van der Waals surface area contributed by atoms with E-state index in [-0.39, 0.29) is 36.4 Å². The van der Waals surface area contributed by atoms with Crippen LogP contribution in [0.15, 0.2) is 36.4 Å². The number of nitriles is 1. The Labute approximate surface area is 155 Å². The number of fused-ring (bicyclic) bond motifs is 1. The first-order valence-electron chi connectivity index (χ1n) is 8.34. The van der Waals surface area contributed by atoms with Gasteiger partial charge in [0.25, 0.3) is 0 Å². The molecule has 0 saturated carbocycles. The lowest BCUT2D eigenvalue weighted by atomic mass is 10.1. The number of carbonyl (C=O) groups is 2. The highest BCUT2D eigenvalue weighted by Crippen LogP contribution is 2.31. The average Bonchev–Trinajstić information content (AvgIpc) is 2.71. The fourth-order valence-corrected chi connectivity index (χ4v) is 2.56. The molecule has 0 spiro atoms. The topological polar surface area (TPSA) is 85.6 Å². The molecule has 1 aliphatic rings. The van der Waals surface area contributed by atoms with Crippen LogP contribution in [0.2, 0.25) is 0 Å². The Bertz CT molecular complexity index is 919.